The van der Waals surface area contributed by atoms with Crippen LogP contribution in [-0.2, 0) is 6.54 Å². The summed E-state index contributed by atoms with van der Waals surface area (Å²) in [5, 5.41) is 10.8. The van der Waals surface area contributed by atoms with Gasteiger partial charge in [-0.05, 0) is 6.42 Å². The van der Waals surface area contributed by atoms with Crippen LogP contribution in [0.4, 0.5) is 0 Å². The minimum atomic E-state index is -0.0958. The molecule has 18 heavy (non-hydrogen) atoms. The molecule has 2 rings (SSSR count). The van der Waals surface area contributed by atoms with Gasteiger partial charge >= 0.3 is 5.69 Å². The normalized spacial score (nSPS) is 17.2. The molecule has 0 radical (unpaired) electrons. The minimum absolute atomic E-state index is 0.0958. The van der Waals surface area contributed by atoms with Gasteiger partial charge in [-0.25, -0.2) is 9.89 Å². The van der Waals surface area contributed by atoms with Crippen molar-refractivity contribution in [2.45, 2.75) is 25.0 Å². The number of thioether (sulfide) groups is 1. The lowest BCUT2D eigenvalue weighted by molar-refractivity contribution is 0.255. The number of hydrogen-bond donors (Lipinski definition) is 2. The smallest absolute Gasteiger partial charge is 0.314 e. The number of nitrogens with one attached hydrogen (secondary N) is 2. The first-order valence-electron chi connectivity index (χ1n) is 6.52. The molecule has 1 aliphatic heterocycles. The van der Waals surface area contributed by atoms with E-state index in [2.05, 4.69) is 27.3 Å². The van der Waals surface area contributed by atoms with Crippen LogP contribution in [0.1, 0.15) is 13.3 Å². The van der Waals surface area contributed by atoms with E-state index in [4.69, 9.17) is 0 Å². The molecule has 0 aromatic carbocycles. The zero-order valence-electron chi connectivity index (χ0n) is 10.8. The van der Waals surface area contributed by atoms with Crippen molar-refractivity contribution in [1.29, 1.82) is 0 Å². The Labute approximate surface area is 111 Å². The molecule has 1 aromatic heterocycles. The van der Waals surface area contributed by atoms with Gasteiger partial charge in [0.15, 0.2) is 5.16 Å². The molecule has 2 heterocycles. The first-order chi connectivity index (χ1) is 8.81. The lowest BCUT2D eigenvalue weighted by Gasteiger charge is -2.26. The first-order valence-corrected chi connectivity index (χ1v) is 7.51. The van der Waals surface area contributed by atoms with E-state index in [1.165, 1.54) is 0 Å². The Kier molecular flexibility index (Phi) is 5.27. The highest BCUT2D eigenvalue weighted by Gasteiger charge is 2.11. The molecule has 6 nitrogen and oxygen atoms in total. The molecule has 1 fully saturated rings. The maximum atomic E-state index is 11.5. The average molecular weight is 271 g/mol. The van der Waals surface area contributed by atoms with Gasteiger partial charge in [0.1, 0.15) is 0 Å². The van der Waals surface area contributed by atoms with Crippen LogP contribution in [0.3, 0.4) is 0 Å². The second-order valence-electron chi connectivity index (χ2n) is 4.40. The van der Waals surface area contributed by atoms with Gasteiger partial charge in [0.25, 0.3) is 0 Å². The molecule has 0 unspecified atom stereocenters. The first kappa shape index (κ1) is 13.6. The van der Waals surface area contributed by atoms with E-state index in [1.54, 1.807) is 16.3 Å². The van der Waals surface area contributed by atoms with Crippen molar-refractivity contribution < 1.29 is 0 Å². The van der Waals surface area contributed by atoms with E-state index >= 15 is 0 Å². The van der Waals surface area contributed by atoms with Gasteiger partial charge in [0.2, 0.25) is 0 Å². The number of nitrogens with zero attached hydrogens (tertiary/aromatic N) is 3. The predicted molar refractivity (Wildman–Crippen MR) is 73.2 cm³/mol. The van der Waals surface area contributed by atoms with E-state index in [-0.39, 0.29) is 5.69 Å². The summed E-state index contributed by atoms with van der Waals surface area (Å²) in [7, 11) is 0. The largest absolute Gasteiger partial charge is 0.343 e. The fraction of sp³-hybridized carbons (Fsp3) is 0.818. The van der Waals surface area contributed by atoms with Crippen LogP contribution in [0.25, 0.3) is 0 Å². The number of hydrogen-bond acceptors (Lipinski definition) is 5. The number of rotatable bonds is 6. The van der Waals surface area contributed by atoms with Crippen LogP contribution in [0.5, 0.6) is 0 Å². The number of H-pyrrole nitrogens is 1. The van der Waals surface area contributed by atoms with E-state index in [1.807, 2.05) is 0 Å². The van der Waals surface area contributed by atoms with E-state index < -0.39 is 0 Å². The standard InChI is InChI=1S/C11H21N5OS/c1-2-5-16-10(17)13-14-11(16)18-9-8-15-6-3-12-4-7-15/h12H,2-9H2,1H3,(H,13,17). The van der Waals surface area contributed by atoms with Crippen LogP contribution in [0.15, 0.2) is 9.95 Å². The molecular weight excluding hydrogens is 250 g/mol. The Morgan fingerprint density at radius 3 is 2.83 bits per heavy atom. The molecular formula is C11H21N5OS. The fourth-order valence-corrected chi connectivity index (χ4v) is 3.01. The molecule has 2 N–H and O–H groups in total. The van der Waals surface area contributed by atoms with Gasteiger partial charge in [-0.3, -0.25) is 9.47 Å². The molecule has 0 spiro atoms. The van der Waals surface area contributed by atoms with Crippen LogP contribution in [0, 0.1) is 0 Å². The molecule has 0 atom stereocenters. The molecule has 102 valence electrons. The van der Waals surface area contributed by atoms with Crippen molar-refractivity contribution in [3.05, 3.63) is 10.5 Å². The van der Waals surface area contributed by atoms with Crippen molar-refractivity contribution in [3.8, 4) is 0 Å². The van der Waals surface area contributed by atoms with Crippen molar-refractivity contribution in [2.24, 2.45) is 0 Å². The van der Waals surface area contributed by atoms with Gasteiger partial charge in [-0.1, -0.05) is 18.7 Å². The summed E-state index contributed by atoms with van der Waals surface area (Å²) in [5.41, 5.74) is -0.0958. The third-order valence-corrected chi connectivity index (χ3v) is 3.98. The highest BCUT2D eigenvalue weighted by atomic mass is 32.2. The summed E-state index contributed by atoms with van der Waals surface area (Å²) in [6, 6.07) is 0. The number of aromatic amines is 1. The van der Waals surface area contributed by atoms with Gasteiger partial charge < -0.3 is 5.32 Å². The molecule has 1 aromatic rings. The van der Waals surface area contributed by atoms with E-state index in [9.17, 15) is 4.79 Å². The molecule has 0 aliphatic carbocycles. The van der Waals surface area contributed by atoms with Crippen LogP contribution in [-0.4, -0.2) is 58.1 Å². The highest BCUT2D eigenvalue weighted by Crippen LogP contribution is 2.13. The van der Waals surface area contributed by atoms with E-state index in [0.717, 1.165) is 56.6 Å². The molecule has 1 aliphatic rings. The lowest BCUT2D eigenvalue weighted by atomic mass is 10.4. The third-order valence-electron chi connectivity index (χ3n) is 3.02. The van der Waals surface area contributed by atoms with E-state index in [0.29, 0.717) is 0 Å². The molecule has 0 saturated carbocycles. The Morgan fingerprint density at radius 2 is 2.11 bits per heavy atom. The minimum Gasteiger partial charge on any atom is -0.314 e. The number of aromatic nitrogens is 3. The fourth-order valence-electron chi connectivity index (χ4n) is 2.03. The van der Waals surface area contributed by atoms with Gasteiger partial charge in [0.05, 0.1) is 0 Å². The summed E-state index contributed by atoms with van der Waals surface area (Å²) in [6.07, 6.45) is 0.949. The summed E-state index contributed by atoms with van der Waals surface area (Å²) >= 11 is 1.66. The summed E-state index contributed by atoms with van der Waals surface area (Å²) in [5.74, 6) is 0.980. The molecule has 0 bridgehead atoms. The van der Waals surface area contributed by atoms with Gasteiger partial charge in [-0.2, -0.15) is 0 Å². The molecule has 7 heteroatoms. The summed E-state index contributed by atoms with van der Waals surface area (Å²) in [6.45, 7) is 8.24. The van der Waals surface area contributed by atoms with Crippen molar-refractivity contribution in [1.82, 2.24) is 25.0 Å². The zero-order valence-corrected chi connectivity index (χ0v) is 11.6. The number of piperazine rings is 1. The van der Waals surface area contributed by atoms with Crippen LogP contribution < -0.4 is 11.0 Å². The summed E-state index contributed by atoms with van der Waals surface area (Å²) in [4.78, 5) is 14.0. The average Bonchev–Trinajstić information content (AvgIpc) is 2.73. The quantitative estimate of drug-likeness (QED) is 0.712. The van der Waals surface area contributed by atoms with Crippen molar-refractivity contribution in [3.63, 3.8) is 0 Å². The predicted octanol–water partition coefficient (Wildman–Crippen LogP) is -0.0213. The van der Waals surface area contributed by atoms with Crippen LogP contribution >= 0.6 is 11.8 Å². The second kappa shape index (κ2) is 6.96. The monoisotopic (exact) mass is 271 g/mol. The Balaban J connectivity index is 1.80. The Hall–Kier alpha value is -0.790. The Morgan fingerprint density at radius 1 is 1.33 bits per heavy atom. The van der Waals surface area contributed by atoms with Gasteiger partial charge in [-0.15, -0.1) is 5.10 Å². The Bertz CT molecular complexity index is 410. The molecule has 0 amide bonds. The lowest BCUT2D eigenvalue weighted by Crippen LogP contribution is -2.44. The maximum absolute atomic E-state index is 11.5. The van der Waals surface area contributed by atoms with Crippen molar-refractivity contribution >= 4 is 11.8 Å². The third kappa shape index (κ3) is 3.60. The second-order valence-corrected chi connectivity index (χ2v) is 5.47. The van der Waals surface area contributed by atoms with Gasteiger partial charge in [0, 0.05) is 45.0 Å². The SMILES string of the molecule is CCCn1c(SCCN2CCNCC2)n[nH]c1=O. The van der Waals surface area contributed by atoms with Crippen molar-refractivity contribution in [2.75, 3.05) is 38.5 Å². The van der Waals surface area contributed by atoms with Crippen LogP contribution in [0.2, 0.25) is 0 Å². The maximum Gasteiger partial charge on any atom is 0.343 e. The topological polar surface area (TPSA) is 66.0 Å². The highest BCUT2D eigenvalue weighted by molar-refractivity contribution is 7.99. The summed E-state index contributed by atoms with van der Waals surface area (Å²) < 4.78 is 1.72. The zero-order chi connectivity index (χ0) is 12.8. The molecule has 1 saturated heterocycles.